The Bertz CT molecular complexity index is 644. The predicted octanol–water partition coefficient (Wildman–Crippen LogP) is 1.42. The lowest BCUT2D eigenvalue weighted by atomic mass is 10.0. The summed E-state index contributed by atoms with van der Waals surface area (Å²) >= 11 is 0. The molecule has 0 saturated carbocycles. The van der Waals surface area contributed by atoms with Gasteiger partial charge in [0.25, 0.3) is 5.91 Å². The number of nitrogens with zero attached hydrogens (tertiary/aromatic N) is 1. The molecule has 0 radical (unpaired) electrons. The number of aliphatic carboxylic acids is 1. The molecule has 0 saturated heterocycles. The van der Waals surface area contributed by atoms with Gasteiger partial charge in [0.05, 0.1) is 5.69 Å². The van der Waals surface area contributed by atoms with Crippen LogP contribution in [0, 0.1) is 5.92 Å². The average Bonchev–Trinajstić information content (AvgIpc) is 2.52. The van der Waals surface area contributed by atoms with Crippen LogP contribution in [0.3, 0.4) is 0 Å². The van der Waals surface area contributed by atoms with Crippen LogP contribution >= 0.6 is 0 Å². The summed E-state index contributed by atoms with van der Waals surface area (Å²) in [6, 6.07) is 6.18. The Morgan fingerprint density at radius 1 is 1.33 bits per heavy atom. The van der Waals surface area contributed by atoms with Crippen LogP contribution in [0.4, 0.5) is 5.69 Å². The van der Waals surface area contributed by atoms with Crippen LogP contribution in [0.1, 0.15) is 27.2 Å². The second-order valence-electron chi connectivity index (χ2n) is 6.10. The van der Waals surface area contributed by atoms with E-state index in [1.54, 1.807) is 39.0 Å². The zero-order valence-electron chi connectivity index (χ0n) is 14.0. The second-order valence-corrected chi connectivity index (χ2v) is 6.10. The molecule has 0 aliphatic carbocycles. The Hall–Kier alpha value is -2.57. The number of fused-ring (bicyclic) bond motifs is 1. The molecule has 1 aromatic carbocycles. The minimum atomic E-state index is -1.07. The summed E-state index contributed by atoms with van der Waals surface area (Å²) in [5.74, 6) is -1.33. The molecule has 0 aromatic heterocycles. The topological polar surface area (TPSA) is 95.9 Å². The third-order valence-electron chi connectivity index (χ3n) is 3.89. The molecule has 1 heterocycles. The highest BCUT2D eigenvalue weighted by Gasteiger charge is 2.31. The molecule has 130 valence electrons. The monoisotopic (exact) mass is 334 g/mol. The molecule has 7 nitrogen and oxygen atoms in total. The van der Waals surface area contributed by atoms with E-state index in [2.05, 4.69) is 5.32 Å². The van der Waals surface area contributed by atoms with Gasteiger partial charge in [-0.1, -0.05) is 26.0 Å². The van der Waals surface area contributed by atoms with Gasteiger partial charge in [-0.15, -0.1) is 0 Å². The third kappa shape index (κ3) is 3.84. The van der Waals surface area contributed by atoms with Crippen molar-refractivity contribution >= 4 is 23.5 Å². The van der Waals surface area contributed by atoms with Gasteiger partial charge < -0.3 is 20.1 Å². The minimum Gasteiger partial charge on any atom is -0.480 e. The van der Waals surface area contributed by atoms with E-state index in [1.807, 2.05) is 6.07 Å². The molecule has 7 heteroatoms. The minimum absolute atomic E-state index is 0.0172. The second kappa shape index (κ2) is 7.33. The van der Waals surface area contributed by atoms with Crippen molar-refractivity contribution in [3.05, 3.63) is 24.3 Å². The van der Waals surface area contributed by atoms with Crippen LogP contribution in [-0.4, -0.2) is 41.6 Å². The summed E-state index contributed by atoms with van der Waals surface area (Å²) in [5.41, 5.74) is 0.618. The summed E-state index contributed by atoms with van der Waals surface area (Å²) in [7, 11) is 0. The van der Waals surface area contributed by atoms with Crippen LogP contribution in [-0.2, 0) is 14.4 Å². The summed E-state index contributed by atoms with van der Waals surface area (Å²) < 4.78 is 5.54. The van der Waals surface area contributed by atoms with Gasteiger partial charge in [-0.25, -0.2) is 4.79 Å². The number of hydrogen-bond acceptors (Lipinski definition) is 4. The molecule has 0 unspecified atom stereocenters. The summed E-state index contributed by atoms with van der Waals surface area (Å²) in [4.78, 5) is 37.0. The molecule has 2 amide bonds. The zero-order chi connectivity index (χ0) is 17.9. The van der Waals surface area contributed by atoms with Crippen LogP contribution in [0.2, 0.25) is 0 Å². The van der Waals surface area contributed by atoms with E-state index in [0.717, 1.165) is 0 Å². The van der Waals surface area contributed by atoms with Gasteiger partial charge >= 0.3 is 5.97 Å². The number of para-hydroxylation sites is 2. The number of hydrogen-bond donors (Lipinski definition) is 2. The van der Waals surface area contributed by atoms with Crippen molar-refractivity contribution in [2.45, 2.75) is 39.3 Å². The Labute approximate surface area is 140 Å². The van der Waals surface area contributed by atoms with Crippen LogP contribution < -0.4 is 15.0 Å². The fourth-order valence-corrected chi connectivity index (χ4v) is 2.56. The number of carbonyl (C=O) groups is 3. The highest BCUT2D eigenvalue weighted by atomic mass is 16.5. The third-order valence-corrected chi connectivity index (χ3v) is 3.89. The summed E-state index contributed by atoms with van der Waals surface area (Å²) in [6.45, 7) is 5.27. The Morgan fingerprint density at radius 2 is 2.00 bits per heavy atom. The van der Waals surface area contributed by atoms with Crippen LogP contribution in [0.5, 0.6) is 5.75 Å². The highest BCUT2D eigenvalue weighted by Crippen LogP contribution is 2.33. The zero-order valence-corrected chi connectivity index (χ0v) is 14.0. The Balaban J connectivity index is 2.04. The molecular weight excluding hydrogens is 312 g/mol. The van der Waals surface area contributed by atoms with Crippen molar-refractivity contribution in [3.8, 4) is 5.75 Å². The van der Waals surface area contributed by atoms with E-state index in [1.165, 1.54) is 4.90 Å². The van der Waals surface area contributed by atoms with Gasteiger partial charge in [0.15, 0.2) is 6.10 Å². The number of nitrogens with one attached hydrogen (secondary N) is 1. The summed E-state index contributed by atoms with van der Waals surface area (Å²) in [6.07, 6.45) is -0.603. The maximum absolute atomic E-state index is 12.3. The van der Waals surface area contributed by atoms with E-state index in [4.69, 9.17) is 9.84 Å². The molecule has 0 bridgehead atoms. The number of carboxylic acids is 1. The van der Waals surface area contributed by atoms with Gasteiger partial charge in [0.2, 0.25) is 5.91 Å². The Morgan fingerprint density at radius 3 is 2.62 bits per heavy atom. The van der Waals surface area contributed by atoms with Crippen molar-refractivity contribution in [2.75, 3.05) is 11.4 Å². The van der Waals surface area contributed by atoms with Crippen LogP contribution in [0.25, 0.3) is 0 Å². The fraction of sp³-hybridized carbons (Fsp3) is 0.471. The van der Waals surface area contributed by atoms with Gasteiger partial charge in [-0.3, -0.25) is 9.59 Å². The number of carbonyl (C=O) groups excluding carboxylic acids is 2. The maximum atomic E-state index is 12.3. The molecule has 24 heavy (non-hydrogen) atoms. The average molecular weight is 334 g/mol. The van der Waals surface area contributed by atoms with Crippen LogP contribution in [0.15, 0.2) is 24.3 Å². The predicted molar refractivity (Wildman–Crippen MR) is 87.9 cm³/mol. The first-order chi connectivity index (χ1) is 11.3. The smallest absolute Gasteiger partial charge is 0.326 e. The van der Waals surface area contributed by atoms with Crippen molar-refractivity contribution in [2.24, 2.45) is 5.92 Å². The molecule has 2 N–H and O–H groups in total. The molecule has 0 fully saturated rings. The molecule has 2 rings (SSSR count). The standard InChI is InChI=1S/C17H22N2O5/c1-10(2)15(17(22)23)18-14(20)8-9-19-12-6-4-5-7-13(12)24-11(3)16(19)21/h4-7,10-11,15H,8-9H2,1-3H3,(H,18,20)(H,22,23)/t11-,15-/m0/s1. The Kier molecular flexibility index (Phi) is 5.43. The number of anilines is 1. The van der Waals surface area contributed by atoms with Gasteiger partial charge in [0.1, 0.15) is 11.8 Å². The molecular formula is C17H22N2O5. The molecule has 1 aromatic rings. The normalized spacial score (nSPS) is 17.9. The van der Waals surface area contributed by atoms with Crippen molar-refractivity contribution in [3.63, 3.8) is 0 Å². The van der Waals surface area contributed by atoms with E-state index >= 15 is 0 Å². The number of benzene rings is 1. The van der Waals surface area contributed by atoms with E-state index in [-0.39, 0.29) is 24.8 Å². The lowest BCUT2D eigenvalue weighted by Gasteiger charge is -2.33. The molecule has 0 spiro atoms. The summed E-state index contributed by atoms with van der Waals surface area (Å²) in [5, 5.41) is 11.6. The largest absolute Gasteiger partial charge is 0.480 e. The van der Waals surface area contributed by atoms with Gasteiger partial charge in [-0.05, 0) is 25.0 Å². The van der Waals surface area contributed by atoms with E-state index < -0.39 is 24.0 Å². The first kappa shape index (κ1) is 17.8. The molecule has 1 aliphatic rings. The number of rotatable bonds is 6. The quantitative estimate of drug-likeness (QED) is 0.820. The number of ether oxygens (including phenoxy) is 1. The SMILES string of the molecule is CC(C)[C@H](NC(=O)CCN1C(=O)[C@H](C)Oc2ccccc21)C(=O)O. The molecule has 1 aliphatic heterocycles. The van der Waals surface area contributed by atoms with Gasteiger partial charge in [0, 0.05) is 13.0 Å². The van der Waals surface area contributed by atoms with Crippen molar-refractivity contribution in [1.82, 2.24) is 5.32 Å². The first-order valence-electron chi connectivity index (χ1n) is 7.90. The van der Waals surface area contributed by atoms with E-state index in [0.29, 0.717) is 11.4 Å². The van der Waals surface area contributed by atoms with Crippen molar-refractivity contribution < 1.29 is 24.2 Å². The van der Waals surface area contributed by atoms with Gasteiger partial charge in [-0.2, -0.15) is 0 Å². The maximum Gasteiger partial charge on any atom is 0.326 e. The number of carboxylic acid groups (broad SMARTS) is 1. The van der Waals surface area contributed by atoms with Crippen molar-refractivity contribution in [1.29, 1.82) is 0 Å². The molecule has 2 atom stereocenters. The lowest BCUT2D eigenvalue weighted by Crippen LogP contribution is -2.48. The van der Waals surface area contributed by atoms with E-state index in [9.17, 15) is 14.4 Å². The highest BCUT2D eigenvalue weighted by molar-refractivity contribution is 6.00. The lowest BCUT2D eigenvalue weighted by molar-refractivity contribution is -0.143. The fourth-order valence-electron chi connectivity index (χ4n) is 2.56. The number of amides is 2. The first-order valence-corrected chi connectivity index (χ1v) is 7.90.